The lowest BCUT2D eigenvalue weighted by molar-refractivity contribution is 0.0977. The predicted octanol–water partition coefficient (Wildman–Crippen LogP) is 4.59. The Bertz CT molecular complexity index is 778. The molecule has 0 fully saturated rings. The minimum Gasteiger partial charge on any atom is -0.493 e. The smallest absolute Gasteiger partial charge is 0.257 e. The van der Waals surface area contributed by atoms with Crippen LogP contribution in [0.1, 0.15) is 28.4 Å². The number of benzene rings is 2. The summed E-state index contributed by atoms with van der Waals surface area (Å²) in [6, 6.07) is 11.1. The van der Waals surface area contributed by atoms with Crippen molar-refractivity contribution in [3.8, 4) is 5.75 Å². The summed E-state index contributed by atoms with van der Waals surface area (Å²) >= 11 is 8.61. The molecule has 2 N–H and O–H groups in total. The third-order valence-corrected chi connectivity index (χ3v) is 4.31. The highest BCUT2D eigenvalue weighted by atomic mass is 79.9. The van der Waals surface area contributed by atoms with Gasteiger partial charge < -0.3 is 10.1 Å². The van der Waals surface area contributed by atoms with E-state index in [1.807, 2.05) is 39.0 Å². The van der Waals surface area contributed by atoms with Crippen LogP contribution in [0.5, 0.6) is 5.75 Å². The quantitative estimate of drug-likeness (QED) is 0.728. The van der Waals surface area contributed by atoms with Gasteiger partial charge in [0.1, 0.15) is 5.75 Å². The lowest BCUT2D eigenvalue weighted by Crippen LogP contribution is -2.34. The summed E-state index contributed by atoms with van der Waals surface area (Å²) in [7, 11) is 0. The maximum atomic E-state index is 12.3. The van der Waals surface area contributed by atoms with Crippen LogP contribution in [-0.4, -0.2) is 17.6 Å². The number of anilines is 1. The third-order valence-electron chi connectivity index (χ3n) is 3.49. The van der Waals surface area contributed by atoms with Crippen LogP contribution in [0.3, 0.4) is 0 Å². The Morgan fingerprint density at radius 2 is 1.92 bits per heavy atom. The van der Waals surface area contributed by atoms with E-state index in [1.165, 1.54) is 5.56 Å². The molecule has 2 rings (SSSR count). The van der Waals surface area contributed by atoms with Gasteiger partial charge in [0, 0.05) is 11.3 Å². The van der Waals surface area contributed by atoms with E-state index in [9.17, 15) is 4.79 Å². The van der Waals surface area contributed by atoms with Crippen LogP contribution < -0.4 is 15.4 Å². The topological polar surface area (TPSA) is 50.4 Å². The Morgan fingerprint density at radius 3 is 2.54 bits per heavy atom. The summed E-state index contributed by atoms with van der Waals surface area (Å²) in [6.45, 7) is 6.54. The highest BCUT2D eigenvalue weighted by Crippen LogP contribution is 2.26. The highest BCUT2D eigenvalue weighted by molar-refractivity contribution is 9.10. The standard InChI is InChI=1S/C18H19BrN2O2S/c1-4-23-16-8-6-13(10-15(16)19)17(22)21-18(24)20-14-7-5-11(2)12(3)9-14/h5-10H,4H2,1-3H3,(H2,20,21,22,24). The molecule has 0 spiro atoms. The molecule has 0 unspecified atom stereocenters. The van der Waals surface area contributed by atoms with Crippen molar-refractivity contribution in [2.24, 2.45) is 0 Å². The summed E-state index contributed by atoms with van der Waals surface area (Å²) in [6.07, 6.45) is 0. The van der Waals surface area contributed by atoms with Gasteiger partial charge in [-0.05, 0) is 90.4 Å². The molecule has 0 saturated carbocycles. The molecule has 126 valence electrons. The summed E-state index contributed by atoms with van der Waals surface area (Å²) in [4.78, 5) is 12.3. The molecule has 0 saturated heterocycles. The fraction of sp³-hybridized carbons (Fsp3) is 0.222. The van der Waals surface area contributed by atoms with Crippen molar-refractivity contribution in [2.45, 2.75) is 20.8 Å². The van der Waals surface area contributed by atoms with E-state index in [0.717, 1.165) is 15.7 Å². The average Bonchev–Trinajstić information content (AvgIpc) is 2.53. The largest absolute Gasteiger partial charge is 0.493 e. The Morgan fingerprint density at radius 1 is 1.17 bits per heavy atom. The first kappa shape index (κ1) is 18.4. The lowest BCUT2D eigenvalue weighted by atomic mass is 10.1. The number of hydrogen-bond donors (Lipinski definition) is 2. The molecule has 0 bridgehead atoms. The number of rotatable bonds is 4. The SMILES string of the molecule is CCOc1ccc(C(=O)NC(=S)Nc2ccc(C)c(C)c2)cc1Br. The first-order valence-corrected chi connectivity index (χ1v) is 8.72. The second-order valence-corrected chi connectivity index (χ2v) is 6.55. The number of thiocarbonyl (C=S) groups is 1. The average molecular weight is 407 g/mol. The minimum atomic E-state index is -0.278. The van der Waals surface area contributed by atoms with E-state index in [1.54, 1.807) is 18.2 Å². The molecule has 2 aromatic carbocycles. The van der Waals surface area contributed by atoms with E-state index in [4.69, 9.17) is 17.0 Å². The fourth-order valence-corrected chi connectivity index (χ4v) is 2.78. The molecular weight excluding hydrogens is 388 g/mol. The number of halogens is 1. The maximum absolute atomic E-state index is 12.3. The van der Waals surface area contributed by atoms with Gasteiger partial charge in [-0.2, -0.15) is 0 Å². The van der Waals surface area contributed by atoms with Gasteiger partial charge in [0.2, 0.25) is 0 Å². The number of hydrogen-bond acceptors (Lipinski definition) is 3. The van der Waals surface area contributed by atoms with Crippen molar-refractivity contribution in [3.63, 3.8) is 0 Å². The Kier molecular flexibility index (Phi) is 6.34. The Balaban J connectivity index is 2.02. The van der Waals surface area contributed by atoms with Crippen LogP contribution in [0.2, 0.25) is 0 Å². The molecule has 0 aliphatic heterocycles. The van der Waals surface area contributed by atoms with Crippen molar-refractivity contribution in [2.75, 3.05) is 11.9 Å². The number of aryl methyl sites for hydroxylation is 2. The summed E-state index contributed by atoms with van der Waals surface area (Å²) in [5.74, 6) is 0.421. The molecule has 0 aliphatic rings. The van der Waals surface area contributed by atoms with E-state index < -0.39 is 0 Å². The second-order valence-electron chi connectivity index (χ2n) is 5.29. The van der Waals surface area contributed by atoms with Gasteiger partial charge in [-0.15, -0.1) is 0 Å². The van der Waals surface area contributed by atoms with E-state index in [0.29, 0.717) is 17.9 Å². The Labute approximate surface area is 155 Å². The molecule has 24 heavy (non-hydrogen) atoms. The van der Waals surface area contributed by atoms with Crippen LogP contribution in [0.4, 0.5) is 5.69 Å². The number of ether oxygens (including phenoxy) is 1. The van der Waals surface area contributed by atoms with Crippen molar-refractivity contribution in [1.82, 2.24) is 5.32 Å². The molecule has 2 aromatic rings. The molecule has 6 heteroatoms. The number of carbonyl (C=O) groups is 1. The van der Waals surface area contributed by atoms with Crippen LogP contribution in [0.15, 0.2) is 40.9 Å². The van der Waals surface area contributed by atoms with Crippen LogP contribution in [-0.2, 0) is 0 Å². The molecular formula is C18H19BrN2O2S. The molecule has 0 aliphatic carbocycles. The zero-order chi connectivity index (χ0) is 17.7. The molecule has 0 heterocycles. The first-order chi connectivity index (χ1) is 11.4. The van der Waals surface area contributed by atoms with Gasteiger partial charge in [0.15, 0.2) is 5.11 Å². The van der Waals surface area contributed by atoms with Gasteiger partial charge in [0.05, 0.1) is 11.1 Å². The zero-order valence-corrected chi connectivity index (χ0v) is 16.2. The number of nitrogens with one attached hydrogen (secondary N) is 2. The Hall–Kier alpha value is -1.92. The van der Waals surface area contributed by atoms with Crippen molar-refractivity contribution >= 4 is 44.9 Å². The van der Waals surface area contributed by atoms with Crippen LogP contribution in [0, 0.1) is 13.8 Å². The van der Waals surface area contributed by atoms with Crippen LogP contribution in [0.25, 0.3) is 0 Å². The number of carbonyl (C=O) groups excluding carboxylic acids is 1. The van der Waals surface area contributed by atoms with Gasteiger partial charge in [-0.1, -0.05) is 6.07 Å². The van der Waals surface area contributed by atoms with Crippen molar-refractivity contribution in [3.05, 3.63) is 57.6 Å². The van der Waals surface area contributed by atoms with E-state index >= 15 is 0 Å². The van der Waals surface area contributed by atoms with Gasteiger partial charge in [-0.25, -0.2) is 0 Å². The normalized spacial score (nSPS) is 10.2. The summed E-state index contributed by atoms with van der Waals surface area (Å²) in [5, 5.41) is 5.95. The second kappa shape index (κ2) is 8.26. The molecule has 0 aromatic heterocycles. The molecule has 1 amide bonds. The maximum Gasteiger partial charge on any atom is 0.257 e. The fourth-order valence-electron chi connectivity index (χ4n) is 2.07. The van der Waals surface area contributed by atoms with Crippen LogP contribution >= 0.6 is 28.1 Å². The van der Waals surface area contributed by atoms with Gasteiger partial charge in [-0.3, -0.25) is 10.1 Å². The van der Waals surface area contributed by atoms with Crippen molar-refractivity contribution < 1.29 is 9.53 Å². The van der Waals surface area contributed by atoms with Gasteiger partial charge >= 0.3 is 0 Å². The lowest BCUT2D eigenvalue weighted by Gasteiger charge is -2.12. The monoisotopic (exact) mass is 406 g/mol. The first-order valence-electron chi connectivity index (χ1n) is 7.52. The predicted molar refractivity (Wildman–Crippen MR) is 105 cm³/mol. The molecule has 0 radical (unpaired) electrons. The minimum absolute atomic E-state index is 0.258. The van der Waals surface area contributed by atoms with Crippen molar-refractivity contribution in [1.29, 1.82) is 0 Å². The summed E-state index contributed by atoms with van der Waals surface area (Å²) < 4.78 is 6.16. The molecule has 4 nitrogen and oxygen atoms in total. The van der Waals surface area contributed by atoms with E-state index in [-0.39, 0.29) is 11.0 Å². The highest BCUT2D eigenvalue weighted by Gasteiger charge is 2.11. The van der Waals surface area contributed by atoms with Gasteiger partial charge in [0.25, 0.3) is 5.91 Å². The van der Waals surface area contributed by atoms with E-state index in [2.05, 4.69) is 26.6 Å². The molecule has 0 atom stereocenters. The number of amides is 1. The third kappa shape index (κ3) is 4.79. The zero-order valence-electron chi connectivity index (χ0n) is 13.8. The summed E-state index contributed by atoms with van der Waals surface area (Å²) in [5.41, 5.74) is 3.70.